The van der Waals surface area contributed by atoms with Crippen LogP contribution in [0.15, 0.2) is 132 Å². The molecule has 0 bridgehead atoms. The zero-order chi connectivity index (χ0) is 30.9. The highest BCUT2D eigenvalue weighted by Gasteiger charge is 2.23. The van der Waals surface area contributed by atoms with Crippen LogP contribution < -0.4 is 5.32 Å². The van der Waals surface area contributed by atoms with Gasteiger partial charge in [0.25, 0.3) is 5.91 Å². The van der Waals surface area contributed by atoms with Crippen molar-refractivity contribution in [3.63, 3.8) is 0 Å². The molecule has 0 saturated carbocycles. The normalized spacial score (nSPS) is 10.7. The first-order chi connectivity index (χ1) is 21.4. The number of benzene rings is 5. The molecule has 220 valence electrons. The van der Waals surface area contributed by atoms with Gasteiger partial charge in [0, 0.05) is 29.7 Å². The van der Waals surface area contributed by atoms with E-state index in [9.17, 15) is 19.5 Å². The average molecular weight is 648 g/mol. The third-order valence-corrected chi connectivity index (χ3v) is 8.11. The molecular weight excluding hydrogens is 616 g/mol. The predicted octanol–water partition coefficient (Wildman–Crippen LogP) is 7.37. The molecule has 6 nitrogen and oxygen atoms in total. The Morgan fingerprint density at radius 3 is 1.91 bits per heavy atom. The SMILES string of the molecule is O=C(O)C(=O)N(Cc1ccc(C(=O)NCCc2ccc(-c3ccccc3)cc2)cc1Br)Cc1ccccc1-c1ccccc1. The fraction of sp³-hybridized carbons (Fsp3) is 0.108. The minimum Gasteiger partial charge on any atom is -0.474 e. The van der Waals surface area contributed by atoms with Gasteiger partial charge in [0.1, 0.15) is 0 Å². The van der Waals surface area contributed by atoms with Gasteiger partial charge in [0.05, 0.1) is 0 Å². The zero-order valence-electron chi connectivity index (χ0n) is 23.9. The van der Waals surface area contributed by atoms with Crippen molar-refractivity contribution >= 4 is 33.7 Å². The van der Waals surface area contributed by atoms with Gasteiger partial charge in [-0.2, -0.15) is 0 Å². The Labute approximate surface area is 265 Å². The summed E-state index contributed by atoms with van der Waals surface area (Å²) >= 11 is 3.53. The van der Waals surface area contributed by atoms with Crippen LogP contribution >= 0.6 is 15.9 Å². The van der Waals surface area contributed by atoms with Crippen molar-refractivity contribution in [3.05, 3.63) is 154 Å². The van der Waals surface area contributed by atoms with E-state index in [0.717, 1.165) is 33.4 Å². The number of hydrogen-bond acceptors (Lipinski definition) is 3. The molecule has 5 aromatic rings. The lowest BCUT2D eigenvalue weighted by molar-refractivity contribution is -0.156. The molecule has 0 radical (unpaired) electrons. The highest BCUT2D eigenvalue weighted by atomic mass is 79.9. The lowest BCUT2D eigenvalue weighted by atomic mass is 9.99. The Morgan fingerprint density at radius 1 is 0.659 bits per heavy atom. The lowest BCUT2D eigenvalue weighted by Crippen LogP contribution is -2.35. The van der Waals surface area contributed by atoms with Crippen LogP contribution in [0.5, 0.6) is 0 Å². The Hall–Kier alpha value is -5.01. The number of carbonyl (C=O) groups excluding carboxylic acids is 2. The lowest BCUT2D eigenvalue weighted by Gasteiger charge is -2.23. The van der Waals surface area contributed by atoms with E-state index in [1.54, 1.807) is 18.2 Å². The van der Waals surface area contributed by atoms with Gasteiger partial charge in [-0.25, -0.2) is 4.79 Å². The summed E-state index contributed by atoms with van der Waals surface area (Å²) in [6, 6.07) is 41.0. The van der Waals surface area contributed by atoms with Gasteiger partial charge in [-0.15, -0.1) is 0 Å². The maximum absolute atomic E-state index is 12.9. The molecule has 5 rings (SSSR count). The fourth-order valence-corrected chi connectivity index (χ4v) is 5.54. The van der Waals surface area contributed by atoms with E-state index in [2.05, 4.69) is 57.6 Å². The predicted molar refractivity (Wildman–Crippen MR) is 176 cm³/mol. The molecule has 5 aromatic carbocycles. The highest BCUT2D eigenvalue weighted by molar-refractivity contribution is 9.10. The number of nitrogens with one attached hydrogen (secondary N) is 1. The first kappa shape index (κ1) is 30.4. The largest absolute Gasteiger partial charge is 0.474 e. The van der Waals surface area contributed by atoms with E-state index in [1.807, 2.05) is 72.8 Å². The van der Waals surface area contributed by atoms with Crippen molar-refractivity contribution in [1.29, 1.82) is 0 Å². The minimum absolute atomic E-state index is 0.0513. The van der Waals surface area contributed by atoms with E-state index in [1.165, 1.54) is 4.90 Å². The van der Waals surface area contributed by atoms with Crippen LogP contribution in [0.2, 0.25) is 0 Å². The summed E-state index contributed by atoms with van der Waals surface area (Å²) in [5.74, 6) is -2.74. The molecule has 44 heavy (non-hydrogen) atoms. The maximum Gasteiger partial charge on any atom is 0.394 e. The Bertz CT molecular complexity index is 1760. The second-order valence-corrected chi connectivity index (χ2v) is 11.2. The first-order valence-electron chi connectivity index (χ1n) is 14.3. The van der Waals surface area contributed by atoms with E-state index < -0.39 is 11.9 Å². The summed E-state index contributed by atoms with van der Waals surface area (Å²) in [7, 11) is 0. The Kier molecular flexibility index (Phi) is 10.00. The minimum atomic E-state index is -1.52. The molecule has 0 aliphatic carbocycles. The number of nitrogens with zero attached hydrogens (tertiary/aromatic N) is 1. The standard InChI is InChI=1S/C37H31BrN2O4/c38-34-23-30(35(41)39-22-21-26-15-17-28(18-16-26)27-9-3-1-4-10-27)19-20-32(34)25-40(36(42)37(43)44)24-31-13-7-8-14-33(31)29-11-5-2-6-12-29/h1-20,23H,21-22,24-25H2,(H,39,41)(H,43,44). The smallest absolute Gasteiger partial charge is 0.394 e. The van der Waals surface area contributed by atoms with Crippen molar-refractivity contribution in [2.75, 3.05) is 6.54 Å². The number of carboxylic acids is 1. The van der Waals surface area contributed by atoms with Crippen molar-refractivity contribution in [1.82, 2.24) is 10.2 Å². The van der Waals surface area contributed by atoms with Crippen LogP contribution in [0.1, 0.15) is 27.0 Å². The first-order valence-corrected chi connectivity index (χ1v) is 15.0. The molecule has 2 amide bonds. The molecular formula is C37H31BrN2O4. The molecule has 0 saturated heterocycles. The van der Waals surface area contributed by atoms with E-state index in [4.69, 9.17) is 0 Å². The summed E-state index contributed by atoms with van der Waals surface area (Å²) in [6.07, 6.45) is 0.691. The van der Waals surface area contributed by atoms with Crippen molar-refractivity contribution < 1.29 is 19.5 Å². The summed E-state index contributed by atoms with van der Waals surface area (Å²) in [4.78, 5) is 38.7. The molecule has 2 N–H and O–H groups in total. The molecule has 0 fully saturated rings. The van der Waals surface area contributed by atoms with Crippen molar-refractivity contribution in [2.24, 2.45) is 0 Å². The van der Waals surface area contributed by atoms with Gasteiger partial charge in [-0.3, -0.25) is 9.59 Å². The molecule has 0 unspecified atom stereocenters. The maximum atomic E-state index is 12.9. The monoisotopic (exact) mass is 646 g/mol. The van der Waals surface area contributed by atoms with Crippen LogP contribution in [0.3, 0.4) is 0 Å². The number of carboxylic acid groups (broad SMARTS) is 1. The molecule has 7 heteroatoms. The third kappa shape index (κ3) is 7.68. The van der Waals surface area contributed by atoms with Gasteiger partial charge in [-0.05, 0) is 57.5 Å². The summed E-state index contributed by atoms with van der Waals surface area (Å²) in [5, 5.41) is 12.5. The quantitative estimate of drug-likeness (QED) is 0.155. The number of carbonyl (C=O) groups is 3. The molecule has 0 heterocycles. The molecule has 0 spiro atoms. The number of aliphatic carboxylic acids is 1. The number of rotatable bonds is 10. The van der Waals surface area contributed by atoms with Gasteiger partial charge in [0.15, 0.2) is 0 Å². The van der Waals surface area contributed by atoms with Gasteiger partial charge >= 0.3 is 11.9 Å². The fourth-order valence-electron chi connectivity index (χ4n) is 5.04. The van der Waals surface area contributed by atoms with Crippen LogP contribution in [-0.2, 0) is 29.1 Å². The van der Waals surface area contributed by atoms with Crippen molar-refractivity contribution in [3.8, 4) is 22.3 Å². The Balaban J connectivity index is 1.23. The van der Waals surface area contributed by atoms with Crippen LogP contribution in [0.4, 0.5) is 0 Å². The second-order valence-electron chi connectivity index (χ2n) is 10.4. The third-order valence-electron chi connectivity index (χ3n) is 7.37. The second kappa shape index (κ2) is 14.4. The molecule has 0 aliphatic heterocycles. The number of hydrogen-bond donors (Lipinski definition) is 2. The number of amides is 2. The molecule has 0 aromatic heterocycles. The van der Waals surface area contributed by atoms with E-state index in [0.29, 0.717) is 28.6 Å². The van der Waals surface area contributed by atoms with Gasteiger partial charge < -0.3 is 15.3 Å². The number of halogens is 1. The summed E-state index contributed by atoms with van der Waals surface area (Å²) in [6.45, 7) is 0.636. The zero-order valence-corrected chi connectivity index (χ0v) is 25.5. The van der Waals surface area contributed by atoms with E-state index in [-0.39, 0.29) is 19.0 Å². The van der Waals surface area contributed by atoms with Crippen molar-refractivity contribution in [2.45, 2.75) is 19.5 Å². The highest BCUT2D eigenvalue weighted by Crippen LogP contribution is 2.27. The van der Waals surface area contributed by atoms with E-state index >= 15 is 0 Å². The van der Waals surface area contributed by atoms with Gasteiger partial charge in [-0.1, -0.05) is 131 Å². The Morgan fingerprint density at radius 2 is 1.25 bits per heavy atom. The van der Waals surface area contributed by atoms with Gasteiger partial charge in [0.2, 0.25) is 0 Å². The summed E-state index contributed by atoms with van der Waals surface area (Å²) in [5.41, 5.74) is 7.31. The molecule has 0 aliphatic rings. The average Bonchev–Trinajstić information content (AvgIpc) is 3.06. The van der Waals surface area contributed by atoms with Crippen LogP contribution in [-0.4, -0.2) is 34.3 Å². The summed E-state index contributed by atoms with van der Waals surface area (Å²) < 4.78 is 0.612. The van der Waals surface area contributed by atoms with Crippen LogP contribution in [0, 0.1) is 0 Å². The topological polar surface area (TPSA) is 86.7 Å². The molecule has 0 atom stereocenters. The van der Waals surface area contributed by atoms with Crippen LogP contribution in [0.25, 0.3) is 22.3 Å².